The first kappa shape index (κ1) is 17.0. The highest BCUT2D eigenvalue weighted by Gasteiger charge is 2.25. The Hall–Kier alpha value is -2.83. The summed E-state index contributed by atoms with van der Waals surface area (Å²) < 4.78 is 6.83. The van der Waals surface area contributed by atoms with Crippen LogP contribution in [0.5, 0.6) is 0 Å². The summed E-state index contributed by atoms with van der Waals surface area (Å²) in [5, 5.41) is 4.18. The number of ether oxygens (including phenoxy) is 1. The summed E-state index contributed by atoms with van der Waals surface area (Å²) in [5.74, 6) is -0.00542. The fourth-order valence-corrected chi connectivity index (χ4v) is 2.82. The van der Waals surface area contributed by atoms with Crippen LogP contribution in [0.25, 0.3) is 0 Å². The second-order valence-corrected chi connectivity index (χ2v) is 5.88. The molecule has 132 valence electrons. The van der Waals surface area contributed by atoms with Gasteiger partial charge in [0.25, 0.3) is 5.91 Å². The van der Waals surface area contributed by atoms with E-state index in [1.165, 1.54) is 0 Å². The molecule has 0 aliphatic carbocycles. The SMILES string of the molecule is CCOC(=O)N1CCN(C(=O)c2ccc(Cn3cccn3)cc2)CC1. The topological polar surface area (TPSA) is 67.7 Å². The molecule has 1 fully saturated rings. The van der Waals surface area contributed by atoms with Crippen LogP contribution >= 0.6 is 0 Å². The van der Waals surface area contributed by atoms with Crippen LogP contribution in [0, 0.1) is 0 Å². The van der Waals surface area contributed by atoms with Gasteiger partial charge in [0.05, 0.1) is 13.2 Å². The van der Waals surface area contributed by atoms with Gasteiger partial charge in [-0.2, -0.15) is 5.10 Å². The molecule has 0 spiro atoms. The van der Waals surface area contributed by atoms with Gasteiger partial charge in [0.1, 0.15) is 0 Å². The lowest BCUT2D eigenvalue weighted by Crippen LogP contribution is -2.50. The molecule has 1 aromatic heterocycles. The first-order valence-electron chi connectivity index (χ1n) is 8.44. The average Bonchev–Trinajstić information content (AvgIpc) is 3.15. The quantitative estimate of drug-likeness (QED) is 0.850. The number of nitrogens with zero attached hydrogens (tertiary/aromatic N) is 4. The summed E-state index contributed by atoms with van der Waals surface area (Å²) in [6.07, 6.45) is 3.34. The Morgan fingerprint density at radius 2 is 1.76 bits per heavy atom. The van der Waals surface area contributed by atoms with Gasteiger partial charge in [-0.05, 0) is 30.7 Å². The van der Waals surface area contributed by atoms with Gasteiger partial charge in [0, 0.05) is 44.1 Å². The smallest absolute Gasteiger partial charge is 0.409 e. The second-order valence-electron chi connectivity index (χ2n) is 5.88. The molecule has 2 heterocycles. The summed E-state index contributed by atoms with van der Waals surface area (Å²) in [4.78, 5) is 27.7. The number of hydrogen-bond acceptors (Lipinski definition) is 4. The molecule has 1 aliphatic rings. The maximum atomic E-state index is 12.6. The van der Waals surface area contributed by atoms with E-state index in [1.807, 2.05) is 41.2 Å². The van der Waals surface area contributed by atoms with Gasteiger partial charge in [-0.1, -0.05) is 12.1 Å². The zero-order chi connectivity index (χ0) is 17.6. The van der Waals surface area contributed by atoms with Crippen molar-refractivity contribution in [3.05, 3.63) is 53.9 Å². The molecular formula is C18H22N4O3. The second kappa shape index (κ2) is 7.83. The number of hydrogen-bond donors (Lipinski definition) is 0. The van der Waals surface area contributed by atoms with E-state index in [0.717, 1.165) is 5.56 Å². The van der Waals surface area contributed by atoms with Crippen molar-refractivity contribution in [1.29, 1.82) is 0 Å². The van der Waals surface area contributed by atoms with Crippen molar-refractivity contribution in [1.82, 2.24) is 19.6 Å². The van der Waals surface area contributed by atoms with E-state index in [-0.39, 0.29) is 12.0 Å². The van der Waals surface area contributed by atoms with Crippen molar-refractivity contribution in [2.45, 2.75) is 13.5 Å². The number of carbonyl (C=O) groups excluding carboxylic acids is 2. The Kier molecular flexibility index (Phi) is 5.33. The first-order chi connectivity index (χ1) is 12.2. The third-order valence-corrected chi connectivity index (χ3v) is 4.20. The lowest BCUT2D eigenvalue weighted by atomic mass is 10.1. The third-order valence-electron chi connectivity index (χ3n) is 4.20. The molecule has 0 saturated carbocycles. The number of benzene rings is 1. The van der Waals surface area contributed by atoms with E-state index in [0.29, 0.717) is 44.9 Å². The molecule has 1 aliphatic heterocycles. The van der Waals surface area contributed by atoms with Crippen LogP contribution in [0.4, 0.5) is 4.79 Å². The molecule has 0 unspecified atom stereocenters. The van der Waals surface area contributed by atoms with E-state index in [1.54, 1.807) is 22.9 Å². The van der Waals surface area contributed by atoms with Crippen molar-refractivity contribution in [3.63, 3.8) is 0 Å². The number of amides is 2. The zero-order valence-corrected chi connectivity index (χ0v) is 14.3. The van der Waals surface area contributed by atoms with Crippen LogP contribution in [-0.4, -0.2) is 64.4 Å². The molecule has 0 bridgehead atoms. The Bertz CT molecular complexity index is 704. The number of rotatable bonds is 4. The highest BCUT2D eigenvalue weighted by atomic mass is 16.6. The van der Waals surface area contributed by atoms with E-state index in [4.69, 9.17) is 4.74 Å². The van der Waals surface area contributed by atoms with Gasteiger partial charge in [-0.3, -0.25) is 9.48 Å². The number of carbonyl (C=O) groups is 2. The van der Waals surface area contributed by atoms with E-state index in [9.17, 15) is 9.59 Å². The third kappa shape index (κ3) is 4.17. The van der Waals surface area contributed by atoms with E-state index in [2.05, 4.69) is 5.10 Å². The zero-order valence-electron chi connectivity index (χ0n) is 14.3. The largest absolute Gasteiger partial charge is 0.450 e. The van der Waals surface area contributed by atoms with Crippen LogP contribution < -0.4 is 0 Å². The number of aromatic nitrogens is 2. The lowest BCUT2D eigenvalue weighted by Gasteiger charge is -2.34. The normalized spacial score (nSPS) is 14.4. The van der Waals surface area contributed by atoms with Crippen molar-refractivity contribution in [2.75, 3.05) is 32.8 Å². The van der Waals surface area contributed by atoms with Gasteiger partial charge in [-0.15, -0.1) is 0 Å². The van der Waals surface area contributed by atoms with Gasteiger partial charge >= 0.3 is 6.09 Å². The standard InChI is InChI=1S/C18H22N4O3/c1-2-25-18(24)21-12-10-20(11-13-21)17(23)16-6-4-15(5-7-16)14-22-9-3-8-19-22/h3-9H,2,10-14H2,1H3. The summed E-state index contributed by atoms with van der Waals surface area (Å²) in [7, 11) is 0. The Labute approximate surface area is 146 Å². The van der Waals surface area contributed by atoms with Crippen LogP contribution in [0.3, 0.4) is 0 Å². The predicted octanol–water partition coefficient (Wildman–Crippen LogP) is 1.85. The molecule has 0 N–H and O–H groups in total. The van der Waals surface area contributed by atoms with Gasteiger partial charge in [0.2, 0.25) is 0 Å². The predicted molar refractivity (Wildman–Crippen MR) is 92.3 cm³/mol. The molecule has 2 amide bonds. The molecule has 1 saturated heterocycles. The maximum absolute atomic E-state index is 12.6. The summed E-state index contributed by atoms with van der Waals surface area (Å²) >= 11 is 0. The first-order valence-corrected chi connectivity index (χ1v) is 8.44. The van der Waals surface area contributed by atoms with Crippen molar-refractivity contribution >= 4 is 12.0 Å². The molecule has 25 heavy (non-hydrogen) atoms. The van der Waals surface area contributed by atoms with Crippen molar-refractivity contribution in [3.8, 4) is 0 Å². The fraction of sp³-hybridized carbons (Fsp3) is 0.389. The fourth-order valence-electron chi connectivity index (χ4n) is 2.82. The van der Waals surface area contributed by atoms with Crippen LogP contribution in [0.2, 0.25) is 0 Å². The summed E-state index contributed by atoms with van der Waals surface area (Å²) in [6.45, 7) is 4.87. The highest BCUT2D eigenvalue weighted by molar-refractivity contribution is 5.94. The summed E-state index contributed by atoms with van der Waals surface area (Å²) in [5.41, 5.74) is 1.75. The summed E-state index contributed by atoms with van der Waals surface area (Å²) in [6, 6.07) is 9.47. The van der Waals surface area contributed by atoms with Gasteiger partial charge in [-0.25, -0.2) is 4.79 Å². The molecule has 3 rings (SSSR count). The highest BCUT2D eigenvalue weighted by Crippen LogP contribution is 2.12. The Balaban J connectivity index is 1.55. The minimum atomic E-state index is -0.308. The molecule has 7 heteroatoms. The molecule has 0 radical (unpaired) electrons. The van der Waals surface area contributed by atoms with Crippen molar-refractivity contribution < 1.29 is 14.3 Å². The lowest BCUT2D eigenvalue weighted by molar-refractivity contribution is 0.0570. The molecule has 2 aromatic rings. The van der Waals surface area contributed by atoms with Crippen LogP contribution in [-0.2, 0) is 11.3 Å². The average molecular weight is 342 g/mol. The Morgan fingerprint density at radius 3 is 2.36 bits per heavy atom. The van der Waals surface area contributed by atoms with E-state index >= 15 is 0 Å². The molecule has 7 nitrogen and oxygen atoms in total. The molecular weight excluding hydrogens is 320 g/mol. The maximum Gasteiger partial charge on any atom is 0.409 e. The van der Waals surface area contributed by atoms with Gasteiger partial charge in [0.15, 0.2) is 0 Å². The minimum Gasteiger partial charge on any atom is -0.450 e. The number of piperazine rings is 1. The minimum absolute atomic E-state index is 0.00542. The monoisotopic (exact) mass is 342 g/mol. The Morgan fingerprint density at radius 1 is 1.08 bits per heavy atom. The van der Waals surface area contributed by atoms with E-state index < -0.39 is 0 Å². The molecule has 0 atom stereocenters. The van der Waals surface area contributed by atoms with Crippen LogP contribution in [0.1, 0.15) is 22.8 Å². The molecule has 1 aromatic carbocycles. The van der Waals surface area contributed by atoms with Crippen molar-refractivity contribution in [2.24, 2.45) is 0 Å². The van der Waals surface area contributed by atoms with Crippen LogP contribution in [0.15, 0.2) is 42.7 Å². The van der Waals surface area contributed by atoms with Gasteiger partial charge < -0.3 is 14.5 Å².